The van der Waals surface area contributed by atoms with Crippen LogP contribution in [0.3, 0.4) is 0 Å². The summed E-state index contributed by atoms with van der Waals surface area (Å²) in [6.45, 7) is 5.70. The number of halogens is 1. The van der Waals surface area contributed by atoms with E-state index >= 15 is 0 Å². The first-order valence-corrected chi connectivity index (χ1v) is 7.90. The van der Waals surface area contributed by atoms with Crippen molar-refractivity contribution in [3.05, 3.63) is 16.1 Å². The first kappa shape index (κ1) is 20.6. The van der Waals surface area contributed by atoms with Crippen LogP contribution in [0.5, 0.6) is 0 Å². The monoisotopic (exact) mass is 426 g/mol. The molecule has 1 heterocycles. The SMILES string of the molecule is CN=C(NCCCCc1nc(C)cs1)NC(C)COC.I. The number of aromatic nitrogens is 1. The zero-order valence-corrected chi connectivity index (χ0v) is 16.5. The normalized spacial score (nSPS) is 12.7. The number of aliphatic imine (C=N–C) groups is 1. The lowest BCUT2D eigenvalue weighted by molar-refractivity contribution is 0.179. The molecule has 0 aliphatic carbocycles. The smallest absolute Gasteiger partial charge is 0.191 e. The number of ether oxygens (including phenoxy) is 1. The maximum Gasteiger partial charge on any atom is 0.191 e. The predicted octanol–water partition coefficient (Wildman–Crippen LogP) is 2.59. The first-order chi connectivity index (χ1) is 9.65. The van der Waals surface area contributed by atoms with Crippen LogP contribution in [0.1, 0.15) is 30.5 Å². The highest BCUT2D eigenvalue weighted by Crippen LogP contribution is 2.11. The van der Waals surface area contributed by atoms with E-state index < -0.39 is 0 Å². The molecule has 0 amide bonds. The van der Waals surface area contributed by atoms with Gasteiger partial charge in [-0.2, -0.15) is 0 Å². The van der Waals surface area contributed by atoms with Crippen molar-refractivity contribution in [3.63, 3.8) is 0 Å². The number of nitrogens with one attached hydrogen (secondary N) is 2. The topological polar surface area (TPSA) is 58.5 Å². The van der Waals surface area contributed by atoms with Crippen LogP contribution in [-0.2, 0) is 11.2 Å². The minimum atomic E-state index is 0. The summed E-state index contributed by atoms with van der Waals surface area (Å²) in [7, 11) is 3.49. The van der Waals surface area contributed by atoms with Gasteiger partial charge < -0.3 is 15.4 Å². The van der Waals surface area contributed by atoms with Crippen LogP contribution in [0.25, 0.3) is 0 Å². The molecule has 0 aliphatic heterocycles. The van der Waals surface area contributed by atoms with Gasteiger partial charge in [0, 0.05) is 37.8 Å². The zero-order chi connectivity index (χ0) is 14.8. The van der Waals surface area contributed by atoms with Gasteiger partial charge in [-0.25, -0.2) is 4.98 Å². The lowest BCUT2D eigenvalue weighted by Crippen LogP contribution is -2.44. The molecule has 7 heteroatoms. The van der Waals surface area contributed by atoms with E-state index in [0.29, 0.717) is 6.61 Å². The first-order valence-electron chi connectivity index (χ1n) is 7.02. The second-order valence-electron chi connectivity index (χ2n) is 4.84. The molecule has 122 valence electrons. The maximum atomic E-state index is 5.09. The third kappa shape index (κ3) is 9.26. The number of hydrogen-bond donors (Lipinski definition) is 2. The minimum absolute atomic E-state index is 0. The molecule has 0 aliphatic rings. The van der Waals surface area contributed by atoms with Gasteiger partial charge in [-0.1, -0.05) is 0 Å². The van der Waals surface area contributed by atoms with E-state index in [4.69, 9.17) is 4.74 Å². The van der Waals surface area contributed by atoms with Crippen molar-refractivity contribution in [2.45, 2.75) is 39.2 Å². The van der Waals surface area contributed by atoms with E-state index in [1.165, 1.54) is 5.01 Å². The van der Waals surface area contributed by atoms with Gasteiger partial charge in [0.2, 0.25) is 0 Å². The molecule has 0 aromatic carbocycles. The summed E-state index contributed by atoms with van der Waals surface area (Å²) in [5.74, 6) is 0.833. The van der Waals surface area contributed by atoms with Gasteiger partial charge in [-0.3, -0.25) is 4.99 Å². The summed E-state index contributed by atoms with van der Waals surface area (Å²) < 4.78 is 5.09. The number of rotatable bonds is 8. The van der Waals surface area contributed by atoms with Crippen molar-refractivity contribution in [1.29, 1.82) is 0 Å². The Balaban J connectivity index is 0.00000400. The molecule has 0 spiro atoms. The molecular formula is C14H27IN4OS. The highest BCUT2D eigenvalue weighted by atomic mass is 127. The van der Waals surface area contributed by atoms with E-state index in [9.17, 15) is 0 Å². The molecule has 0 saturated heterocycles. The molecule has 21 heavy (non-hydrogen) atoms. The summed E-state index contributed by atoms with van der Waals surface area (Å²) >= 11 is 1.75. The Morgan fingerprint density at radius 1 is 1.48 bits per heavy atom. The van der Waals surface area contributed by atoms with Crippen LogP contribution < -0.4 is 10.6 Å². The average Bonchev–Trinajstić information content (AvgIpc) is 2.83. The number of hydrogen-bond acceptors (Lipinski definition) is 4. The Hall–Kier alpha value is -0.410. The number of unbranched alkanes of at least 4 members (excludes halogenated alkanes) is 1. The molecular weight excluding hydrogens is 399 g/mol. The van der Waals surface area contributed by atoms with Crippen LogP contribution in [0.15, 0.2) is 10.4 Å². The summed E-state index contributed by atoms with van der Waals surface area (Å²) in [6, 6.07) is 0.254. The Labute approximate surface area is 149 Å². The van der Waals surface area contributed by atoms with E-state index in [1.807, 2.05) is 6.92 Å². The Morgan fingerprint density at radius 2 is 2.24 bits per heavy atom. The zero-order valence-electron chi connectivity index (χ0n) is 13.3. The van der Waals surface area contributed by atoms with Gasteiger partial charge in [-0.15, -0.1) is 35.3 Å². The number of aryl methyl sites for hydroxylation is 2. The van der Waals surface area contributed by atoms with E-state index in [-0.39, 0.29) is 30.0 Å². The number of methoxy groups -OCH3 is 1. The van der Waals surface area contributed by atoms with Crippen molar-refractivity contribution in [3.8, 4) is 0 Å². The fourth-order valence-electron chi connectivity index (χ4n) is 1.85. The van der Waals surface area contributed by atoms with E-state index in [2.05, 4.69) is 32.9 Å². The third-order valence-corrected chi connectivity index (χ3v) is 3.83. The van der Waals surface area contributed by atoms with Crippen LogP contribution >= 0.6 is 35.3 Å². The van der Waals surface area contributed by atoms with E-state index in [1.54, 1.807) is 25.5 Å². The Bertz CT molecular complexity index is 411. The molecule has 0 saturated carbocycles. The largest absolute Gasteiger partial charge is 0.383 e. The lowest BCUT2D eigenvalue weighted by atomic mass is 10.2. The second-order valence-corrected chi connectivity index (χ2v) is 5.78. The fraction of sp³-hybridized carbons (Fsp3) is 0.714. The molecule has 1 rings (SSSR count). The number of thiazole rings is 1. The van der Waals surface area contributed by atoms with Gasteiger partial charge in [0.05, 0.1) is 11.6 Å². The van der Waals surface area contributed by atoms with Gasteiger partial charge in [0.1, 0.15) is 0 Å². The maximum absolute atomic E-state index is 5.09. The van der Waals surface area contributed by atoms with Crippen LogP contribution in [0, 0.1) is 6.92 Å². The van der Waals surface area contributed by atoms with Crippen LogP contribution in [0.4, 0.5) is 0 Å². The fourth-order valence-corrected chi connectivity index (χ4v) is 2.66. The Kier molecular flexibility index (Phi) is 11.9. The predicted molar refractivity (Wildman–Crippen MR) is 101 cm³/mol. The van der Waals surface area contributed by atoms with Gasteiger partial charge in [0.25, 0.3) is 0 Å². The second kappa shape index (κ2) is 12.2. The Morgan fingerprint density at radius 3 is 2.81 bits per heavy atom. The molecule has 0 radical (unpaired) electrons. The minimum Gasteiger partial charge on any atom is -0.383 e. The quantitative estimate of drug-likeness (QED) is 0.291. The molecule has 0 bridgehead atoms. The van der Waals surface area contributed by atoms with Crippen LogP contribution in [0.2, 0.25) is 0 Å². The van der Waals surface area contributed by atoms with Gasteiger partial charge in [-0.05, 0) is 33.1 Å². The van der Waals surface area contributed by atoms with Crippen molar-refractivity contribution < 1.29 is 4.74 Å². The molecule has 1 unspecified atom stereocenters. The van der Waals surface area contributed by atoms with Crippen molar-refractivity contribution in [2.75, 3.05) is 27.3 Å². The van der Waals surface area contributed by atoms with Crippen molar-refractivity contribution in [2.24, 2.45) is 4.99 Å². The third-order valence-electron chi connectivity index (χ3n) is 2.80. The molecule has 0 fully saturated rings. The average molecular weight is 426 g/mol. The van der Waals surface area contributed by atoms with Crippen molar-refractivity contribution in [1.82, 2.24) is 15.6 Å². The molecule has 1 aromatic heterocycles. The van der Waals surface area contributed by atoms with Crippen LogP contribution in [-0.4, -0.2) is 44.3 Å². The highest BCUT2D eigenvalue weighted by molar-refractivity contribution is 14.0. The summed E-state index contributed by atoms with van der Waals surface area (Å²) in [5, 5.41) is 9.94. The summed E-state index contributed by atoms with van der Waals surface area (Å²) in [5.41, 5.74) is 1.12. The van der Waals surface area contributed by atoms with E-state index in [0.717, 1.165) is 37.5 Å². The highest BCUT2D eigenvalue weighted by Gasteiger charge is 2.04. The van der Waals surface area contributed by atoms with Gasteiger partial charge >= 0.3 is 0 Å². The lowest BCUT2D eigenvalue weighted by Gasteiger charge is -2.17. The molecule has 1 atom stereocenters. The standard InChI is InChI=1S/C14H26N4OS.HI/c1-11(9-19-4)18-14(15-3)16-8-6-5-7-13-17-12(2)10-20-13;/h10-11H,5-9H2,1-4H3,(H2,15,16,18);1H. The summed E-state index contributed by atoms with van der Waals surface area (Å²) in [6.07, 6.45) is 3.31. The molecule has 5 nitrogen and oxygen atoms in total. The summed E-state index contributed by atoms with van der Waals surface area (Å²) in [4.78, 5) is 8.67. The number of nitrogens with zero attached hydrogens (tertiary/aromatic N) is 2. The number of guanidine groups is 1. The van der Waals surface area contributed by atoms with Crippen molar-refractivity contribution >= 4 is 41.3 Å². The molecule has 2 N–H and O–H groups in total. The molecule has 1 aromatic rings. The van der Waals surface area contributed by atoms with Gasteiger partial charge in [0.15, 0.2) is 5.96 Å².